The summed E-state index contributed by atoms with van der Waals surface area (Å²) >= 11 is 1.42. The van der Waals surface area contributed by atoms with Crippen molar-refractivity contribution in [1.29, 1.82) is 0 Å². The van der Waals surface area contributed by atoms with E-state index in [1.807, 2.05) is 43.3 Å². The van der Waals surface area contributed by atoms with Gasteiger partial charge in [-0.2, -0.15) is 4.37 Å². The number of benzene rings is 2. The lowest BCUT2D eigenvalue weighted by Crippen LogP contribution is -2.22. The molecule has 1 atom stereocenters. The fourth-order valence-corrected chi connectivity index (χ4v) is 4.23. The van der Waals surface area contributed by atoms with Gasteiger partial charge in [0.2, 0.25) is 5.91 Å². The number of nitrogens with two attached hydrogens (primary N) is 1. The molecule has 0 saturated heterocycles. The van der Waals surface area contributed by atoms with E-state index in [0.29, 0.717) is 12.2 Å². The number of aryl methyl sites for hydroxylation is 1. The van der Waals surface area contributed by atoms with Crippen molar-refractivity contribution < 1.29 is 14.3 Å². The van der Waals surface area contributed by atoms with E-state index in [-0.39, 0.29) is 18.4 Å². The summed E-state index contributed by atoms with van der Waals surface area (Å²) in [6, 6.07) is 15.5. The largest absolute Gasteiger partial charge is 0.484 e. The van der Waals surface area contributed by atoms with Gasteiger partial charge in [0.15, 0.2) is 6.61 Å². The van der Waals surface area contributed by atoms with Gasteiger partial charge in [-0.1, -0.05) is 42.0 Å². The van der Waals surface area contributed by atoms with Crippen LogP contribution in [0.15, 0.2) is 48.5 Å². The molecule has 7 heteroatoms. The fraction of sp³-hybridized carbons (Fsp3) is 0.190. The van der Waals surface area contributed by atoms with E-state index in [1.165, 1.54) is 17.1 Å². The van der Waals surface area contributed by atoms with Crippen LogP contribution in [0.3, 0.4) is 0 Å². The summed E-state index contributed by atoms with van der Waals surface area (Å²) < 4.78 is 9.93. The van der Waals surface area contributed by atoms with Crippen LogP contribution >= 0.6 is 11.5 Å². The predicted molar refractivity (Wildman–Crippen MR) is 109 cm³/mol. The van der Waals surface area contributed by atoms with Gasteiger partial charge in [-0.05, 0) is 36.2 Å². The van der Waals surface area contributed by atoms with E-state index in [4.69, 9.17) is 10.5 Å². The molecule has 0 saturated carbocycles. The normalized spacial score (nSPS) is 15.6. The Kier molecular flexibility index (Phi) is 4.83. The van der Waals surface area contributed by atoms with Gasteiger partial charge >= 0.3 is 0 Å². The Morgan fingerprint density at radius 2 is 1.93 bits per heavy atom. The van der Waals surface area contributed by atoms with Crippen LogP contribution in [0.25, 0.3) is 11.3 Å². The molecule has 1 aromatic heterocycles. The number of primary amides is 1. The third kappa shape index (κ3) is 3.61. The van der Waals surface area contributed by atoms with Crippen LogP contribution in [0, 0.1) is 6.92 Å². The van der Waals surface area contributed by atoms with Crippen molar-refractivity contribution in [1.82, 2.24) is 4.37 Å². The third-order valence-electron chi connectivity index (χ3n) is 4.68. The maximum atomic E-state index is 12.4. The third-order valence-corrected chi connectivity index (χ3v) is 5.64. The number of hydrogen-bond donors (Lipinski definition) is 2. The Morgan fingerprint density at radius 3 is 2.61 bits per heavy atom. The molecule has 0 spiro atoms. The zero-order valence-corrected chi connectivity index (χ0v) is 16.1. The number of carbonyl (C=O) groups is 2. The standard InChI is InChI=1S/C21H19N3O3S/c1-12-2-4-14(5-3-12)19-20-21(28-24-19)16(10-18(26)23-20)13-6-8-15(9-7-13)27-11-17(22)25/h2-9,16H,10-11H2,1H3,(H2,22,25)(H,23,26)/t16-/m1/s1. The molecule has 28 heavy (non-hydrogen) atoms. The van der Waals surface area contributed by atoms with E-state index in [0.717, 1.165) is 27.4 Å². The van der Waals surface area contributed by atoms with Crippen molar-refractivity contribution in [2.45, 2.75) is 19.3 Å². The SMILES string of the molecule is Cc1ccc(-c2nsc3c2NC(=O)C[C@@H]3c2ccc(OCC(N)=O)cc2)cc1. The number of anilines is 1. The Labute approximate surface area is 166 Å². The van der Waals surface area contributed by atoms with Gasteiger partial charge in [-0.15, -0.1) is 0 Å². The molecular weight excluding hydrogens is 374 g/mol. The second kappa shape index (κ2) is 7.44. The molecule has 142 valence electrons. The first-order valence-electron chi connectivity index (χ1n) is 8.89. The average molecular weight is 393 g/mol. The lowest BCUT2D eigenvalue weighted by atomic mass is 9.89. The highest BCUT2D eigenvalue weighted by Crippen LogP contribution is 2.44. The minimum atomic E-state index is -0.522. The molecule has 0 bridgehead atoms. The molecule has 3 aromatic rings. The average Bonchev–Trinajstić information content (AvgIpc) is 3.10. The smallest absolute Gasteiger partial charge is 0.255 e. The molecule has 1 aliphatic heterocycles. The number of fused-ring (bicyclic) bond motifs is 1. The van der Waals surface area contributed by atoms with Crippen molar-refractivity contribution in [2.24, 2.45) is 5.73 Å². The monoisotopic (exact) mass is 393 g/mol. The van der Waals surface area contributed by atoms with Crippen molar-refractivity contribution in [3.05, 3.63) is 64.5 Å². The Bertz CT molecular complexity index is 1030. The highest BCUT2D eigenvalue weighted by molar-refractivity contribution is 7.07. The van der Waals surface area contributed by atoms with Crippen LogP contribution in [-0.4, -0.2) is 22.8 Å². The maximum absolute atomic E-state index is 12.4. The van der Waals surface area contributed by atoms with Crippen molar-refractivity contribution in [3.8, 4) is 17.0 Å². The number of aromatic nitrogens is 1. The lowest BCUT2D eigenvalue weighted by Gasteiger charge is -2.23. The van der Waals surface area contributed by atoms with E-state index in [9.17, 15) is 9.59 Å². The lowest BCUT2D eigenvalue weighted by molar-refractivity contribution is -0.120. The first kappa shape index (κ1) is 18.2. The summed E-state index contributed by atoms with van der Waals surface area (Å²) in [6.45, 7) is 1.87. The van der Waals surface area contributed by atoms with E-state index in [1.54, 1.807) is 12.1 Å². The highest BCUT2D eigenvalue weighted by atomic mass is 32.1. The van der Waals surface area contributed by atoms with Gasteiger partial charge < -0.3 is 15.8 Å². The van der Waals surface area contributed by atoms with E-state index < -0.39 is 5.91 Å². The summed E-state index contributed by atoms with van der Waals surface area (Å²) in [5.41, 5.74) is 9.86. The van der Waals surface area contributed by atoms with E-state index >= 15 is 0 Å². The molecule has 1 aliphatic rings. The zero-order chi connectivity index (χ0) is 19.7. The number of rotatable bonds is 5. The highest BCUT2D eigenvalue weighted by Gasteiger charge is 2.31. The number of nitrogens with zero attached hydrogens (tertiary/aromatic N) is 1. The topological polar surface area (TPSA) is 94.3 Å². The quantitative estimate of drug-likeness (QED) is 0.694. The summed E-state index contributed by atoms with van der Waals surface area (Å²) in [5, 5.41) is 3.00. The summed E-state index contributed by atoms with van der Waals surface area (Å²) in [6.07, 6.45) is 0.365. The number of carbonyl (C=O) groups excluding carboxylic acids is 2. The van der Waals surface area contributed by atoms with Crippen LogP contribution < -0.4 is 15.8 Å². The van der Waals surface area contributed by atoms with Gasteiger partial charge in [-0.25, -0.2) is 0 Å². The minimum Gasteiger partial charge on any atom is -0.484 e. The van der Waals surface area contributed by atoms with Gasteiger partial charge in [0, 0.05) is 17.9 Å². The van der Waals surface area contributed by atoms with Gasteiger partial charge in [-0.3, -0.25) is 9.59 Å². The Hall–Kier alpha value is -3.19. The van der Waals surface area contributed by atoms with Gasteiger partial charge in [0.25, 0.3) is 5.91 Å². The van der Waals surface area contributed by atoms with Crippen molar-refractivity contribution in [3.63, 3.8) is 0 Å². The first-order chi connectivity index (χ1) is 13.5. The summed E-state index contributed by atoms with van der Waals surface area (Å²) in [7, 11) is 0. The molecule has 0 unspecified atom stereocenters. The number of nitrogens with one attached hydrogen (secondary N) is 1. The summed E-state index contributed by atoms with van der Waals surface area (Å²) in [5.74, 6) is -0.0515. The molecule has 6 nitrogen and oxygen atoms in total. The number of hydrogen-bond acceptors (Lipinski definition) is 5. The van der Waals surface area contributed by atoms with Crippen LogP contribution in [0.4, 0.5) is 5.69 Å². The molecule has 3 N–H and O–H groups in total. The first-order valence-corrected chi connectivity index (χ1v) is 9.66. The molecule has 2 aromatic carbocycles. The molecule has 4 rings (SSSR count). The van der Waals surface area contributed by atoms with Crippen molar-refractivity contribution >= 4 is 29.0 Å². The van der Waals surface area contributed by atoms with Crippen LogP contribution in [0.2, 0.25) is 0 Å². The molecule has 0 aliphatic carbocycles. The number of ether oxygens (including phenoxy) is 1. The molecular formula is C21H19N3O3S. The van der Waals surface area contributed by atoms with Crippen LogP contribution in [0.1, 0.15) is 28.3 Å². The molecule has 0 fully saturated rings. The minimum absolute atomic E-state index is 0.0277. The molecule has 0 radical (unpaired) electrons. The Morgan fingerprint density at radius 1 is 1.21 bits per heavy atom. The zero-order valence-electron chi connectivity index (χ0n) is 15.3. The summed E-state index contributed by atoms with van der Waals surface area (Å²) in [4.78, 5) is 24.3. The number of amides is 2. The predicted octanol–water partition coefficient (Wildman–Crippen LogP) is 3.46. The molecule has 2 heterocycles. The Balaban J connectivity index is 1.65. The van der Waals surface area contributed by atoms with E-state index in [2.05, 4.69) is 9.69 Å². The second-order valence-electron chi connectivity index (χ2n) is 6.77. The van der Waals surface area contributed by atoms with Gasteiger partial charge in [0.05, 0.1) is 10.6 Å². The van der Waals surface area contributed by atoms with Crippen LogP contribution in [0.5, 0.6) is 5.75 Å². The van der Waals surface area contributed by atoms with Crippen LogP contribution in [-0.2, 0) is 9.59 Å². The molecule has 2 amide bonds. The second-order valence-corrected chi connectivity index (χ2v) is 7.57. The van der Waals surface area contributed by atoms with Gasteiger partial charge in [0.1, 0.15) is 11.4 Å². The van der Waals surface area contributed by atoms with Crippen molar-refractivity contribution in [2.75, 3.05) is 11.9 Å². The fourth-order valence-electron chi connectivity index (χ4n) is 3.26. The maximum Gasteiger partial charge on any atom is 0.255 e.